The topological polar surface area (TPSA) is 46.6 Å². The fourth-order valence-corrected chi connectivity index (χ4v) is 10.5. The molecule has 0 saturated heterocycles. The number of nitrogens with zero attached hydrogens (tertiary/aromatic N) is 1. The lowest BCUT2D eigenvalue weighted by atomic mass is 10.1. The number of carbonyl (C=O) groups excluding carboxylic acids is 2. The van der Waals surface area contributed by atoms with E-state index in [1.54, 1.807) is 24.3 Å². The molecular formula is C17H29NO3Si2. The third kappa shape index (κ3) is 4.62. The Kier molecular flexibility index (Phi) is 6.50. The molecule has 2 rings (SSSR count). The van der Waals surface area contributed by atoms with E-state index in [0.29, 0.717) is 17.3 Å². The molecule has 1 aromatic rings. The van der Waals surface area contributed by atoms with Gasteiger partial charge in [0, 0.05) is 6.17 Å². The molecule has 0 bridgehead atoms. The highest BCUT2D eigenvalue weighted by Crippen LogP contribution is 2.26. The highest BCUT2D eigenvalue weighted by Gasteiger charge is 2.41. The Morgan fingerprint density at radius 1 is 0.913 bits per heavy atom. The summed E-state index contributed by atoms with van der Waals surface area (Å²) >= 11 is 0. The Morgan fingerprint density at radius 2 is 1.35 bits per heavy atom. The van der Waals surface area contributed by atoms with Crippen LogP contribution in [0.25, 0.3) is 0 Å². The maximum atomic E-state index is 12.4. The number of hydrogen-bond acceptors (Lipinski definition) is 3. The van der Waals surface area contributed by atoms with Gasteiger partial charge in [-0.05, 0) is 44.4 Å². The van der Waals surface area contributed by atoms with E-state index in [-0.39, 0.29) is 11.8 Å². The standard InChI is InChI=1S/C15H23NO3Si2.C2H6/c1-6-20(2,3)19-21(4,5)11-16-14(17)12-9-7-8-10-13(12)15(16)18;1-2/h7-10H,6,11H2,1-5H3;1-2H3. The molecule has 128 valence electrons. The molecule has 0 spiro atoms. The zero-order chi connectivity index (χ0) is 17.8. The Hall–Kier alpha value is -1.25. The van der Waals surface area contributed by atoms with Crippen LogP contribution in [0.5, 0.6) is 0 Å². The molecule has 2 amide bonds. The van der Waals surface area contributed by atoms with Crippen molar-refractivity contribution in [3.05, 3.63) is 35.4 Å². The summed E-state index contributed by atoms with van der Waals surface area (Å²) in [5.41, 5.74) is 1.03. The summed E-state index contributed by atoms with van der Waals surface area (Å²) in [5.74, 6) is -0.369. The number of benzene rings is 1. The van der Waals surface area contributed by atoms with Gasteiger partial charge >= 0.3 is 0 Å². The van der Waals surface area contributed by atoms with E-state index >= 15 is 0 Å². The summed E-state index contributed by atoms with van der Waals surface area (Å²) in [6.45, 7) is 14.7. The monoisotopic (exact) mass is 351 g/mol. The van der Waals surface area contributed by atoms with E-state index in [4.69, 9.17) is 4.12 Å². The lowest BCUT2D eigenvalue weighted by molar-refractivity contribution is 0.0673. The van der Waals surface area contributed by atoms with Crippen LogP contribution in [0.1, 0.15) is 41.5 Å². The van der Waals surface area contributed by atoms with Gasteiger partial charge < -0.3 is 4.12 Å². The molecule has 0 atom stereocenters. The third-order valence-electron chi connectivity index (χ3n) is 3.82. The van der Waals surface area contributed by atoms with E-state index in [2.05, 4.69) is 33.1 Å². The second-order valence-electron chi connectivity index (χ2n) is 6.72. The Bertz CT molecular complexity index is 550. The van der Waals surface area contributed by atoms with E-state index in [9.17, 15) is 9.59 Å². The first-order valence-electron chi connectivity index (χ1n) is 8.32. The lowest BCUT2D eigenvalue weighted by Gasteiger charge is -2.35. The van der Waals surface area contributed by atoms with Gasteiger partial charge in [0.15, 0.2) is 16.6 Å². The summed E-state index contributed by atoms with van der Waals surface area (Å²) in [6.07, 6.45) is 0.426. The number of amides is 2. The van der Waals surface area contributed by atoms with Gasteiger partial charge in [-0.3, -0.25) is 14.5 Å². The Balaban J connectivity index is 0.00000127. The van der Waals surface area contributed by atoms with Crippen molar-refractivity contribution in [2.24, 2.45) is 0 Å². The van der Waals surface area contributed by atoms with Crippen LogP contribution in [0.2, 0.25) is 32.2 Å². The van der Waals surface area contributed by atoms with Gasteiger partial charge in [-0.15, -0.1) is 0 Å². The molecule has 23 heavy (non-hydrogen) atoms. The number of carbonyl (C=O) groups is 2. The highest BCUT2D eigenvalue weighted by atomic mass is 28.4. The van der Waals surface area contributed by atoms with Crippen molar-refractivity contribution >= 4 is 28.4 Å². The predicted octanol–water partition coefficient (Wildman–Crippen LogP) is 4.29. The Morgan fingerprint density at radius 3 is 1.74 bits per heavy atom. The van der Waals surface area contributed by atoms with Crippen LogP contribution in [0, 0.1) is 0 Å². The van der Waals surface area contributed by atoms with Crippen molar-refractivity contribution < 1.29 is 13.7 Å². The number of imide groups is 1. The maximum absolute atomic E-state index is 12.4. The molecule has 0 N–H and O–H groups in total. The first-order chi connectivity index (χ1) is 10.7. The maximum Gasteiger partial charge on any atom is 0.261 e. The number of hydrogen-bond donors (Lipinski definition) is 0. The van der Waals surface area contributed by atoms with Crippen molar-refractivity contribution in [1.82, 2.24) is 4.90 Å². The molecule has 0 radical (unpaired) electrons. The first-order valence-corrected chi connectivity index (χ1v) is 14.6. The van der Waals surface area contributed by atoms with Crippen LogP contribution in [0.4, 0.5) is 0 Å². The fourth-order valence-electron chi connectivity index (χ4n) is 2.62. The van der Waals surface area contributed by atoms with Crippen molar-refractivity contribution in [2.75, 3.05) is 6.17 Å². The molecule has 6 heteroatoms. The fraction of sp³-hybridized carbons (Fsp3) is 0.529. The molecule has 1 aliphatic heterocycles. The van der Waals surface area contributed by atoms with Gasteiger partial charge in [-0.2, -0.15) is 0 Å². The number of rotatable bonds is 5. The van der Waals surface area contributed by atoms with Gasteiger partial charge in [0.25, 0.3) is 11.8 Å². The average Bonchev–Trinajstić information content (AvgIpc) is 2.74. The zero-order valence-electron chi connectivity index (χ0n) is 15.4. The average molecular weight is 352 g/mol. The van der Waals surface area contributed by atoms with Crippen molar-refractivity contribution in [3.8, 4) is 0 Å². The largest absolute Gasteiger partial charge is 0.454 e. The molecular weight excluding hydrogens is 322 g/mol. The molecule has 0 aliphatic carbocycles. The summed E-state index contributed by atoms with van der Waals surface area (Å²) in [7, 11) is -3.80. The minimum atomic E-state index is -2.10. The smallest absolute Gasteiger partial charge is 0.261 e. The van der Waals surface area contributed by atoms with Crippen LogP contribution >= 0.6 is 0 Å². The molecule has 0 fully saturated rings. The van der Waals surface area contributed by atoms with E-state index in [1.807, 2.05) is 13.8 Å². The van der Waals surface area contributed by atoms with E-state index in [0.717, 1.165) is 6.04 Å². The summed E-state index contributed by atoms with van der Waals surface area (Å²) in [4.78, 5) is 26.2. The highest BCUT2D eigenvalue weighted by molar-refractivity contribution is 6.85. The van der Waals surface area contributed by atoms with Gasteiger partial charge in [0.2, 0.25) is 0 Å². The quantitative estimate of drug-likeness (QED) is 0.587. The second-order valence-corrected chi connectivity index (χ2v) is 15.6. The number of fused-ring (bicyclic) bond motifs is 1. The molecule has 1 aromatic carbocycles. The van der Waals surface area contributed by atoms with Crippen LogP contribution in [0.15, 0.2) is 24.3 Å². The van der Waals surface area contributed by atoms with Crippen molar-refractivity contribution in [2.45, 2.75) is 53.0 Å². The summed E-state index contributed by atoms with van der Waals surface area (Å²) < 4.78 is 6.36. The zero-order valence-corrected chi connectivity index (χ0v) is 17.4. The van der Waals surface area contributed by atoms with Crippen LogP contribution in [-0.4, -0.2) is 39.5 Å². The minimum Gasteiger partial charge on any atom is -0.454 e. The van der Waals surface area contributed by atoms with E-state index < -0.39 is 16.6 Å². The molecule has 1 aliphatic rings. The molecule has 0 unspecified atom stereocenters. The lowest BCUT2D eigenvalue weighted by Crippen LogP contribution is -2.52. The van der Waals surface area contributed by atoms with Crippen LogP contribution in [-0.2, 0) is 4.12 Å². The summed E-state index contributed by atoms with van der Waals surface area (Å²) in [5, 5.41) is 0. The molecule has 4 nitrogen and oxygen atoms in total. The molecule has 0 saturated carbocycles. The van der Waals surface area contributed by atoms with Gasteiger partial charge in [0.1, 0.15) is 0 Å². The minimum absolute atomic E-state index is 0.184. The second kappa shape index (κ2) is 7.55. The van der Waals surface area contributed by atoms with Gasteiger partial charge in [-0.1, -0.05) is 32.9 Å². The van der Waals surface area contributed by atoms with Crippen molar-refractivity contribution in [1.29, 1.82) is 0 Å². The van der Waals surface area contributed by atoms with Crippen LogP contribution < -0.4 is 0 Å². The molecule has 0 aromatic heterocycles. The third-order valence-corrected chi connectivity index (χ3v) is 11.0. The van der Waals surface area contributed by atoms with Crippen molar-refractivity contribution in [3.63, 3.8) is 0 Å². The summed E-state index contributed by atoms with van der Waals surface area (Å²) in [6, 6.07) is 8.05. The van der Waals surface area contributed by atoms with Crippen LogP contribution in [0.3, 0.4) is 0 Å². The normalized spacial score (nSPS) is 14.5. The first kappa shape index (κ1) is 19.8. The van der Waals surface area contributed by atoms with Gasteiger partial charge in [0.05, 0.1) is 11.1 Å². The van der Waals surface area contributed by atoms with Gasteiger partial charge in [-0.25, -0.2) is 0 Å². The molecule has 1 heterocycles. The van der Waals surface area contributed by atoms with E-state index in [1.165, 1.54) is 4.90 Å². The predicted molar refractivity (Wildman–Crippen MR) is 99.7 cm³/mol. The SMILES string of the molecule is CC.CC[Si](C)(C)O[Si](C)(C)CN1C(=O)c2ccccc2C1=O. The Labute approximate surface area is 142 Å².